The van der Waals surface area contributed by atoms with Gasteiger partial charge in [0.1, 0.15) is 17.9 Å². The second kappa shape index (κ2) is 5.31. The summed E-state index contributed by atoms with van der Waals surface area (Å²) in [5, 5.41) is 0. The monoisotopic (exact) mass is 264 g/mol. The van der Waals surface area contributed by atoms with Crippen molar-refractivity contribution in [2.45, 2.75) is 16.7 Å². The van der Waals surface area contributed by atoms with Crippen molar-refractivity contribution in [1.82, 2.24) is 0 Å². The summed E-state index contributed by atoms with van der Waals surface area (Å²) in [6, 6.07) is 8.50. The van der Waals surface area contributed by atoms with Gasteiger partial charge in [0.2, 0.25) is 0 Å². The van der Waals surface area contributed by atoms with Crippen LogP contribution >= 0.6 is 11.8 Å². The van der Waals surface area contributed by atoms with Crippen LogP contribution in [-0.2, 0) is 0 Å². The van der Waals surface area contributed by atoms with Crippen LogP contribution in [0.4, 0.5) is 8.78 Å². The molecular formula is C14H10F2OS. The third kappa shape index (κ3) is 2.76. The van der Waals surface area contributed by atoms with Crippen LogP contribution in [0.25, 0.3) is 0 Å². The van der Waals surface area contributed by atoms with E-state index >= 15 is 0 Å². The first-order valence-electron chi connectivity index (χ1n) is 5.29. The fourth-order valence-electron chi connectivity index (χ4n) is 1.53. The first-order valence-corrected chi connectivity index (χ1v) is 6.10. The molecule has 0 aliphatic heterocycles. The minimum atomic E-state index is -0.472. The molecule has 0 unspecified atom stereocenters. The molecule has 0 radical (unpaired) electrons. The van der Waals surface area contributed by atoms with Gasteiger partial charge in [-0.2, -0.15) is 0 Å². The Morgan fingerprint density at radius 2 is 1.89 bits per heavy atom. The SMILES string of the molecule is Cc1cc(Sc2cc(F)ccc2F)ccc1C=O. The summed E-state index contributed by atoms with van der Waals surface area (Å²) in [6.07, 6.45) is 0.770. The second-order valence-electron chi connectivity index (χ2n) is 3.81. The zero-order valence-electron chi connectivity index (χ0n) is 9.61. The number of hydrogen-bond donors (Lipinski definition) is 0. The van der Waals surface area contributed by atoms with E-state index in [-0.39, 0.29) is 4.90 Å². The van der Waals surface area contributed by atoms with Crippen LogP contribution in [0.5, 0.6) is 0 Å². The summed E-state index contributed by atoms with van der Waals surface area (Å²) < 4.78 is 26.5. The minimum Gasteiger partial charge on any atom is -0.298 e. The molecule has 1 nitrogen and oxygen atoms in total. The molecule has 0 fully saturated rings. The van der Waals surface area contributed by atoms with Gasteiger partial charge in [0, 0.05) is 10.5 Å². The third-order valence-electron chi connectivity index (χ3n) is 2.49. The highest BCUT2D eigenvalue weighted by Crippen LogP contribution is 2.31. The van der Waals surface area contributed by atoms with Gasteiger partial charge in [0.25, 0.3) is 0 Å². The van der Waals surface area contributed by atoms with Crippen LogP contribution in [-0.4, -0.2) is 6.29 Å². The Bertz CT molecular complexity index is 596. The summed E-state index contributed by atoms with van der Waals surface area (Å²) in [4.78, 5) is 11.7. The molecule has 0 aliphatic carbocycles. The van der Waals surface area contributed by atoms with Crippen molar-refractivity contribution in [3.63, 3.8) is 0 Å². The zero-order chi connectivity index (χ0) is 13.1. The number of carbonyl (C=O) groups excluding carboxylic acids is 1. The normalized spacial score (nSPS) is 10.4. The Balaban J connectivity index is 2.31. The molecule has 0 saturated heterocycles. The number of carbonyl (C=O) groups is 1. The average molecular weight is 264 g/mol. The van der Waals surface area contributed by atoms with Crippen molar-refractivity contribution < 1.29 is 13.6 Å². The van der Waals surface area contributed by atoms with Crippen molar-refractivity contribution in [1.29, 1.82) is 0 Å². The lowest BCUT2D eigenvalue weighted by atomic mass is 10.1. The largest absolute Gasteiger partial charge is 0.298 e. The summed E-state index contributed by atoms with van der Waals surface area (Å²) in [6.45, 7) is 1.80. The Hall–Kier alpha value is -1.68. The maximum atomic E-state index is 13.5. The highest BCUT2D eigenvalue weighted by atomic mass is 32.2. The lowest BCUT2D eigenvalue weighted by Crippen LogP contribution is -1.87. The van der Waals surface area contributed by atoms with Gasteiger partial charge in [-0.1, -0.05) is 17.8 Å². The molecule has 0 N–H and O–H groups in total. The van der Waals surface area contributed by atoms with E-state index in [1.54, 1.807) is 25.1 Å². The van der Waals surface area contributed by atoms with Crippen LogP contribution in [0.3, 0.4) is 0 Å². The number of hydrogen-bond acceptors (Lipinski definition) is 2. The molecule has 4 heteroatoms. The summed E-state index contributed by atoms with van der Waals surface area (Å²) in [5.41, 5.74) is 1.41. The highest BCUT2D eigenvalue weighted by Gasteiger charge is 2.07. The van der Waals surface area contributed by atoms with Gasteiger partial charge >= 0.3 is 0 Å². The Labute approximate surface area is 108 Å². The fraction of sp³-hybridized carbons (Fsp3) is 0.0714. The number of rotatable bonds is 3. The Morgan fingerprint density at radius 1 is 1.11 bits per heavy atom. The van der Waals surface area contributed by atoms with Crippen molar-refractivity contribution in [2.24, 2.45) is 0 Å². The highest BCUT2D eigenvalue weighted by molar-refractivity contribution is 7.99. The van der Waals surface area contributed by atoms with E-state index in [4.69, 9.17) is 0 Å². The molecule has 0 aliphatic rings. The molecule has 92 valence electrons. The van der Waals surface area contributed by atoms with E-state index in [1.165, 1.54) is 0 Å². The number of halogens is 2. The van der Waals surface area contributed by atoms with Crippen LogP contribution in [0.1, 0.15) is 15.9 Å². The van der Waals surface area contributed by atoms with Gasteiger partial charge in [-0.25, -0.2) is 8.78 Å². The van der Waals surface area contributed by atoms with Crippen LogP contribution in [0.15, 0.2) is 46.2 Å². The van der Waals surface area contributed by atoms with E-state index in [1.807, 2.05) is 0 Å². The molecule has 0 heterocycles. The van der Waals surface area contributed by atoms with E-state index in [0.29, 0.717) is 5.56 Å². The first-order chi connectivity index (χ1) is 8.60. The standard InChI is InChI=1S/C14H10F2OS/c1-9-6-12(4-2-10(9)8-17)18-14-7-11(15)3-5-13(14)16/h2-8H,1H3. The smallest absolute Gasteiger partial charge is 0.150 e. The molecule has 2 aromatic carbocycles. The lowest BCUT2D eigenvalue weighted by Gasteiger charge is -2.05. The van der Waals surface area contributed by atoms with E-state index < -0.39 is 11.6 Å². The van der Waals surface area contributed by atoms with Gasteiger partial charge in [0.15, 0.2) is 0 Å². The molecule has 0 bridgehead atoms. The quantitative estimate of drug-likeness (QED) is 0.771. The maximum absolute atomic E-state index is 13.5. The van der Waals surface area contributed by atoms with Crippen molar-refractivity contribution in [3.8, 4) is 0 Å². The van der Waals surface area contributed by atoms with E-state index in [9.17, 15) is 13.6 Å². The van der Waals surface area contributed by atoms with Crippen LogP contribution in [0, 0.1) is 18.6 Å². The second-order valence-corrected chi connectivity index (χ2v) is 4.93. The van der Waals surface area contributed by atoms with Crippen LogP contribution in [0.2, 0.25) is 0 Å². The third-order valence-corrected chi connectivity index (χ3v) is 3.51. The molecule has 0 aromatic heterocycles. The maximum Gasteiger partial charge on any atom is 0.150 e. The van der Waals surface area contributed by atoms with Gasteiger partial charge in [0.05, 0.1) is 4.90 Å². The zero-order valence-corrected chi connectivity index (χ0v) is 10.4. The molecule has 0 atom stereocenters. The molecule has 18 heavy (non-hydrogen) atoms. The average Bonchev–Trinajstić information content (AvgIpc) is 2.34. The predicted octanol–water partition coefficient (Wildman–Crippen LogP) is 4.24. The van der Waals surface area contributed by atoms with Gasteiger partial charge in [-0.3, -0.25) is 4.79 Å². The molecule has 0 spiro atoms. The predicted molar refractivity (Wildman–Crippen MR) is 67.0 cm³/mol. The summed E-state index contributed by atoms with van der Waals surface area (Å²) in [5.74, 6) is -0.932. The summed E-state index contributed by atoms with van der Waals surface area (Å²) in [7, 11) is 0. The Morgan fingerprint density at radius 3 is 2.56 bits per heavy atom. The van der Waals surface area contributed by atoms with Gasteiger partial charge < -0.3 is 0 Å². The van der Waals surface area contributed by atoms with Gasteiger partial charge in [-0.15, -0.1) is 0 Å². The minimum absolute atomic E-state index is 0.230. The Kier molecular flexibility index (Phi) is 3.77. The fourth-order valence-corrected chi connectivity index (χ4v) is 2.49. The topological polar surface area (TPSA) is 17.1 Å². The van der Waals surface area contributed by atoms with Crippen molar-refractivity contribution in [3.05, 3.63) is 59.2 Å². The first kappa shape index (κ1) is 12.8. The molecule has 2 rings (SSSR count). The van der Waals surface area contributed by atoms with E-state index in [2.05, 4.69) is 0 Å². The molecule has 0 amide bonds. The molecule has 2 aromatic rings. The van der Waals surface area contributed by atoms with Crippen molar-refractivity contribution >= 4 is 18.0 Å². The molecular weight excluding hydrogens is 254 g/mol. The lowest BCUT2D eigenvalue weighted by molar-refractivity contribution is 0.112. The number of benzene rings is 2. The van der Waals surface area contributed by atoms with Crippen molar-refractivity contribution in [2.75, 3.05) is 0 Å². The van der Waals surface area contributed by atoms with E-state index in [0.717, 1.165) is 46.7 Å². The number of aldehydes is 1. The number of aryl methyl sites for hydroxylation is 1. The summed E-state index contributed by atoms with van der Waals surface area (Å²) >= 11 is 1.13. The van der Waals surface area contributed by atoms with Gasteiger partial charge in [-0.05, 0) is 42.8 Å². The molecule has 0 saturated carbocycles. The van der Waals surface area contributed by atoms with Crippen LogP contribution < -0.4 is 0 Å².